The van der Waals surface area contributed by atoms with Crippen LogP contribution in [0.3, 0.4) is 0 Å². The second-order valence-electron chi connectivity index (χ2n) is 4.22. The second kappa shape index (κ2) is 6.33. The van der Waals surface area contributed by atoms with Crippen molar-refractivity contribution >= 4 is 39.1 Å². The Hall–Kier alpha value is -0.880. The maximum absolute atomic E-state index is 12.1. The first-order valence-corrected chi connectivity index (χ1v) is 7.21. The van der Waals surface area contributed by atoms with Crippen LogP contribution in [0.4, 0.5) is 0 Å². The maximum atomic E-state index is 12.1. The van der Waals surface area contributed by atoms with Gasteiger partial charge in [-0.2, -0.15) is 0 Å². The molecule has 1 atom stereocenters. The van der Waals surface area contributed by atoms with Gasteiger partial charge in [0.05, 0.1) is 13.5 Å². The van der Waals surface area contributed by atoms with Crippen molar-refractivity contribution in [1.82, 2.24) is 5.32 Å². The number of ether oxygens (including phenoxy) is 1. The van der Waals surface area contributed by atoms with Crippen LogP contribution in [-0.2, 0) is 9.53 Å². The summed E-state index contributed by atoms with van der Waals surface area (Å²) < 4.78 is 5.41. The summed E-state index contributed by atoms with van der Waals surface area (Å²) in [5, 5.41) is 4.73. The van der Waals surface area contributed by atoms with Gasteiger partial charge in [-0.05, 0) is 40.7 Å². The number of halogens is 1. The molecule has 0 aliphatic heterocycles. The van der Waals surface area contributed by atoms with Crippen LogP contribution in [0, 0.1) is 0 Å². The first-order chi connectivity index (χ1) is 8.41. The summed E-state index contributed by atoms with van der Waals surface area (Å²) in [7, 11) is 1.34. The molecule has 1 aromatic heterocycles. The van der Waals surface area contributed by atoms with Crippen LogP contribution in [0.1, 0.15) is 36.4 Å². The summed E-state index contributed by atoms with van der Waals surface area (Å²) in [6.07, 6.45) is 0.811. The van der Waals surface area contributed by atoms with Gasteiger partial charge in [-0.3, -0.25) is 9.59 Å². The molecular formula is C12H16BrNO3S. The van der Waals surface area contributed by atoms with Gasteiger partial charge in [-0.25, -0.2) is 0 Å². The molecule has 0 aromatic carbocycles. The summed E-state index contributed by atoms with van der Waals surface area (Å²) in [5.41, 5.74) is -0.590. The number of rotatable bonds is 5. The van der Waals surface area contributed by atoms with E-state index in [1.54, 1.807) is 0 Å². The topological polar surface area (TPSA) is 55.4 Å². The number of methoxy groups -OCH3 is 1. The third-order valence-electron chi connectivity index (χ3n) is 2.78. The molecule has 6 heteroatoms. The zero-order valence-electron chi connectivity index (χ0n) is 10.6. The van der Waals surface area contributed by atoms with Crippen molar-refractivity contribution in [3.05, 3.63) is 20.8 Å². The average molecular weight is 334 g/mol. The van der Waals surface area contributed by atoms with E-state index in [1.807, 2.05) is 25.3 Å². The van der Waals surface area contributed by atoms with Crippen molar-refractivity contribution in [3.8, 4) is 0 Å². The minimum Gasteiger partial charge on any atom is -0.469 e. The Bertz CT molecular complexity index is 446. The molecule has 0 radical (unpaired) electrons. The Morgan fingerprint density at radius 1 is 1.56 bits per heavy atom. The molecule has 18 heavy (non-hydrogen) atoms. The number of thiophene rings is 1. The molecule has 4 nitrogen and oxygen atoms in total. The Morgan fingerprint density at radius 3 is 2.67 bits per heavy atom. The van der Waals surface area contributed by atoms with Crippen LogP contribution in [0.25, 0.3) is 0 Å². The molecule has 1 aromatic rings. The fraction of sp³-hybridized carbons (Fsp3) is 0.500. The molecule has 1 rings (SSSR count). The van der Waals surface area contributed by atoms with Gasteiger partial charge >= 0.3 is 5.97 Å². The molecule has 0 aliphatic carbocycles. The molecule has 1 amide bonds. The lowest BCUT2D eigenvalue weighted by Gasteiger charge is -2.28. The molecule has 0 bridgehead atoms. The van der Waals surface area contributed by atoms with Crippen LogP contribution in [-0.4, -0.2) is 24.5 Å². The lowest BCUT2D eigenvalue weighted by atomic mass is 9.94. The fourth-order valence-corrected chi connectivity index (χ4v) is 2.88. The molecule has 0 aliphatic rings. The van der Waals surface area contributed by atoms with Crippen LogP contribution < -0.4 is 5.32 Å². The first-order valence-electron chi connectivity index (χ1n) is 5.54. The Balaban J connectivity index is 2.77. The van der Waals surface area contributed by atoms with Gasteiger partial charge in [0, 0.05) is 10.0 Å². The quantitative estimate of drug-likeness (QED) is 0.843. The average Bonchev–Trinajstić information content (AvgIpc) is 2.75. The monoisotopic (exact) mass is 333 g/mol. The largest absolute Gasteiger partial charge is 0.469 e. The molecule has 0 spiro atoms. The van der Waals surface area contributed by atoms with Crippen molar-refractivity contribution < 1.29 is 14.3 Å². The smallest absolute Gasteiger partial charge is 0.307 e. The number of carbonyl (C=O) groups excluding carboxylic acids is 2. The highest BCUT2D eigenvalue weighted by atomic mass is 79.9. The highest BCUT2D eigenvalue weighted by molar-refractivity contribution is 9.10. The Morgan fingerprint density at radius 2 is 2.22 bits per heavy atom. The summed E-state index contributed by atoms with van der Waals surface area (Å²) in [6, 6.07) is 1.82. The summed E-state index contributed by atoms with van der Waals surface area (Å²) in [5.74, 6) is -0.505. The van der Waals surface area contributed by atoms with E-state index in [2.05, 4.69) is 26.0 Å². The maximum Gasteiger partial charge on any atom is 0.307 e. The molecular weight excluding hydrogens is 318 g/mol. The van der Waals surface area contributed by atoms with E-state index in [-0.39, 0.29) is 18.3 Å². The predicted molar refractivity (Wildman–Crippen MR) is 74.8 cm³/mol. The third-order valence-corrected chi connectivity index (χ3v) is 4.62. The zero-order valence-corrected chi connectivity index (χ0v) is 13.0. The van der Waals surface area contributed by atoms with E-state index in [0.29, 0.717) is 11.3 Å². The van der Waals surface area contributed by atoms with E-state index in [0.717, 1.165) is 4.47 Å². The second-order valence-corrected chi connectivity index (χ2v) is 5.99. The van der Waals surface area contributed by atoms with Crippen LogP contribution in [0.2, 0.25) is 0 Å². The minimum atomic E-state index is -0.590. The van der Waals surface area contributed by atoms with Crippen molar-refractivity contribution in [2.24, 2.45) is 0 Å². The van der Waals surface area contributed by atoms with Crippen molar-refractivity contribution in [2.75, 3.05) is 7.11 Å². The standard InChI is InChI=1S/C12H16BrNO3S/c1-4-12(2,7-9(15)17-3)14-11(16)10-8(13)5-6-18-10/h5-6H,4,7H2,1-3H3,(H,14,16)/t12-/m0/s1. The van der Waals surface area contributed by atoms with Gasteiger partial charge < -0.3 is 10.1 Å². The number of esters is 1. The summed E-state index contributed by atoms with van der Waals surface area (Å²) in [6.45, 7) is 3.76. The molecule has 0 saturated carbocycles. The predicted octanol–water partition coefficient (Wildman–Crippen LogP) is 2.97. The molecule has 1 N–H and O–H groups in total. The number of nitrogens with one attached hydrogen (secondary N) is 1. The molecule has 100 valence electrons. The van der Waals surface area contributed by atoms with Gasteiger partial charge in [0.25, 0.3) is 5.91 Å². The SMILES string of the molecule is CC[C@@](C)(CC(=O)OC)NC(=O)c1sccc1Br. The molecule has 0 fully saturated rings. The normalized spacial score (nSPS) is 13.8. The van der Waals surface area contributed by atoms with E-state index in [1.165, 1.54) is 18.4 Å². The lowest BCUT2D eigenvalue weighted by Crippen LogP contribution is -2.47. The first kappa shape index (κ1) is 15.2. The van der Waals surface area contributed by atoms with Gasteiger partial charge in [0.1, 0.15) is 4.88 Å². The third kappa shape index (κ3) is 3.81. The van der Waals surface area contributed by atoms with Crippen LogP contribution in [0.15, 0.2) is 15.9 Å². The van der Waals surface area contributed by atoms with Crippen molar-refractivity contribution in [3.63, 3.8) is 0 Å². The molecule has 0 unspecified atom stereocenters. The molecule has 0 saturated heterocycles. The Kier molecular flexibility index (Phi) is 5.34. The van der Waals surface area contributed by atoms with Gasteiger partial charge in [0.15, 0.2) is 0 Å². The number of carbonyl (C=O) groups is 2. The zero-order chi connectivity index (χ0) is 13.8. The van der Waals surface area contributed by atoms with Crippen LogP contribution in [0.5, 0.6) is 0 Å². The number of amides is 1. The lowest BCUT2D eigenvalue weighted by molar-refractivity contribution is -0.142. The van der Waals surface area contributed by atoms with Crippen molar-refractivity contribution in [1.29, 1.82) is 0 Å². The Labute approximate surface area is 119 Å². The van der Waals surface area contributed by atoms with E-state index >= 15 is 0 Å². The van der Waals surface area contributed by atoms with Crippen LogP contribution >= 0.6 is 27.3 Å². The fourth-order valence-electron chi connectivity index (χ4n) is 1.43. The van der Waals surface area contributed by atoms with E-state index in [4.69, 9.17) is 0 Å². The highest BCUT2D eigenvalue weighted by Gasteiger charge is 2.29. The molecule has 1 heterocycles. The van der Waals surface area contributed by atoms with Gasteiger partial charge in [0.2, 0.25) is 0 Å². The van der Waals surface area contributed by atoms with Crippen molar-refractivity contribution in [2.45, 2.75) is 32.2 Å². The summed E-state index contributed by atoms with van der Waals surface area (Å²) >= 11 is 4.68. The van der Waals surface area contributed by atoms with E-state index in [9.17, 15) is 9.59 Å². The number of hydrogen-bond acceptors (Lipinski definition) is 4. The number of hydrogen-bond donors (Lipinski definition) is 1. The minimum absolute atomic E-state index is 0.161. The van der Waals surface area contributed by atoms with E-state index < -0.39 is 5.54 Å². The summed E-state index contributed by atoms with van der Waals surface area (Å²) in [4.78, 5) is 24.0. The highest BCUT2D eigenvalue weighted by Crippen LogP contribution is 2.24. The van der Waals surface area contributed by atoms with Gasteiger partial charge in [-0.1, -0.05) is 6.92 Å². The van der Waals surface area contributed by atoms with Gasteiger partial charge in [-0.15, -0.1) is 11.3 Å².